The lowest BCUT2D eigenvalue weighted by Crippen LogP contribution is -2.49. The molecule has 2 aromatic carbocycles. The summed E-state index contributed by atoms with van der Waals surface area (Å²) in [7, 11) is 0. The third-order valence-electron chi connectivity index (χ3n) is 8.79. The first-order valence-corrected chi connectivity index (χ1v) is 15.8. The Balaban J connectivity index is 1.05. The minimum absolute atomic E-state index is 0.0346. The van der Waals surface area contributed by atoms with Crippen LogP contribution in [0.15, 0.2) is 53.5 Å². The van der Waals surface area contributed by atoms with Crippen LogP contribution in [0.1, 0.15) is 37.1 Å². The van der Waals surface area contributed by atoms with Crippen molar-refractivity contribution in [2.45, 2.75) is 50.7 Å². The molecule has 0 aliphatic carbocycles. The number of carbonyl (C=O) groups is 1. The molecule has 3 atom stereocenters. The Morgan fingerprint density at radius 2 is 1.74 bits per heavy atom. The van der Waals surface area contributed by atoms with Crippen LogP contribution >= 0.6 is 0 Å². The van der Waals surface area contributed by atoms with Crippen LogP contribution in [-0.2, 0) is 11.3 Å². The summed E-state index contributed by atoms with van der Waals surface area (Å²) in [5, 5.41) is 60.6. The number of nitrogens with zero attached hydrogens (tertiary/aromatic N) is 7. The molecule has 2 aliphatic heterocycles. The van der Waals surface area contributed by atoms with E-state index in [1.54, 1.807) is 18.2 Å². The maximum absolute atomic E-state index is 14.5. The molecule has 2 aliphatic rings. The lowest BCUT2D eigenvalue weighted by Gasteiger charge is -2.34. The van der Waals surface area contributed by atoms with Gasteiger partial charge in [0.25, 0.3) is 0 Å². The van der Waals surface area contributed by atoms with Gasteiger partial charge in [0.2, 0.25) is 6.23 Å². The first-order chi connectivity index (χ1) is 23.8. The zero-order chi connectivity index (χ0) is 35.9. The number of ether oxygens (including phenoxy) is 1. The molecule has 6 N–H and O–H groups in total. The van der Waals surface area contributed by atoms with Gasteiger partial charge >= 0.3 is 23.7 Å². The average molecular weight is 699 g/mol. The molecule has 2 fully saturated rings. The molecule has 0 bridgehead atoms. The zero-order valence-electron chi connectivity index (χ0n) is 27.0. The summed E-state index contributed by atoms with van der Waals surface area (Å²) in [6.45, 7) is 5.27. The van der Waals surface area contributed by atoms with Crippen LogP contribution in [-0.4, -0.2) is 117 Å². The molecule has 4 heterocycles. The number of urea groups is 1. The number of piperazine rings is 1. The van der Waals surface area contributed by atoms with Crippen LogP contribution in [0, 0.1) is 0 Å². The Hall–Kier alpha value is -5.17. The third-order valence-corrected chi connectivity index (χ3v) is 8.79. The van der Waals surface area contributed by atoms with Gasteiger partial charge in [-0.2, -0.15) is 13.8 Å². The van der Waals surface area contributed by atoms with E-state index >= 15 is 0 Å². The largest absolute Gasteiger partial charge is 0.508 e. The minimum atomic E-state index is -3.85. The van der Waals surface area contributed by atoms with E-state index in [1.807, 2.05) is 26.0 Å². The number of phenolic OH excluding ortho intramolecular Hbond substituents is 2. The topological polar surface area (TPSA) is 212 Å². The summed E-state index contributed by atoms with van der Waals surface area (Å²) in [5.74, 6) is -4.10. The van der Waals surface area contributed by atoms with Crippen LogP contribution in [0.3, 0.4) is 0 Å². The molecule has 16 nitrogen and oxygen atoms in total. The molecular weight excluding hydrogens is 662 g/mol. The second kappa shape index (κ2) is 13.6. The van der Waals surface area contributed by atoms with Crippen LogP contribution in [0.25, 0.3) is 17.1 Å². The number of nitrogens with one attached hydrogen (secondary N) is 1. The quantitative estimate of drug-likeness (QED) is 0.156. The van der Waals surface area contributed by atoms with Gasteiger partial charge in [0, 0.05) is 45.0 Å². The molecule has 2 aromatic heterocycles. The number of anilines is 1. The fraction of sp³-hybridized carbons (Fsp3) is 0.406. The van der Waals surface area contributed by atoms with Gasteiger partial charge in [0.1, 0.15) is 23.4 Å². The summed E-state index contributed by atoms with van der Waals surface area (Å²) in [6.07, 6.45) is -5.08. The van der Waals surface area contributed by atoms with E-state index in [1.165, 1.54) is 15.5 Å². The molecule has 6 rings (SSSR count). The molecule has 18 heteroatoms. The van der Waals surface area contributed by atoms with E-state index in [9.17, 15) is 43.9 Å². The number of phenols is 2. The van der Waals surface area contributed by atoms with Crippen LogP contribution in [0.5, 0.6) is 17.5 Å². The summed E-state index contributed by atoms with van der Waals surface area (Å²) in [4.78, 5) is 32.7. The van der Waals surface area contributed by atoms with Gasteiger partial charge in [-0.05, 0) is 41.3 Å². The van der Waals surface area contributed by atoms with Crippen molar-refractivity contribution < 1.29 is 43.8 Å². The minimum Gasteiger partial charge on any atom is -0.508 e. The first-order valence-electron chi connectivity index (χ1n) is 15.8. The highest BCUT2D eigenvalue weighted by Gasteiger charge is 2.59. The molecular formula is C32H36F2N8O8. The van der Waals surface area contributed by atoms with E-state index in [-0.39, 0.29) is 35.1 Å². The molecule has 0 saturated carbocycles. The standard InChI is InChI=1S/C32H36F2N8O8/c1-17(2)20-13-21(23(45)14-22(20)44)27-37-38-31(49)42(27)19-5-3-18(4-6-19)15-39-9-11-40(12-10-39)29(47)35-25-7-8-41(30(48)36-25)28-32(33,34)26(46)24(16-43)50-28/h3-8,13-14,17,24,26,28,43-46H,9-12,15-16H2,1-2H3,(H,38,49)(H,35,36,47,48)/t24-,26-,28-/m1/s1. The number of amides is 2. The van der Waals surface area contributed by atoms with Crippen LogP contribution < -0.4 is 11.0 Å². The number of aliphatic hydroxyl groups is 2. The van der Waals surface area contributed by atoms with Crippen LogP contribution in [0.2, 0.25) is 0 Å². The maximum atomic E-state index is 14.5. The van der Waals surface area contributed by atoms with Gasteiger partial charge in [0.15, 0.2) is 11.9 Å². The van der Waals surface area contributed by atoms with Crippen LogP contribution in [0.4, 0.5) is 19.4 Å². The van der Waals surface area contributed by atoms with Crippen molar-refractivity contribution in [3.05, 3.63) is 70.3 Å². The Morgan fingerprint density at radius 3 is 2.36 bits per heavy atom. The monoisotopic (exact) mass is 698 g/mol. The predicted octanol–water partition coefficient (Wildman–Crippen LogP) is 1.97. The molecule has 2 saturated heterocycles. The van der Waals surface area contributed by atoms with E-state index in [0.717, 1.165) is 17.8 Å². The SMILES string of the molecule is CC(C)c1cc(-c2nnc(O)n2-c2ccc(CN3CCN(C(=O)Nc4ccn([C@@H]5O[C@H](CO)[C@@H](O)C5(F)F)c(=O)n4)CC3)cc2)c(O)cc1O. The lowest BCUT2D eigenvalue weighted by molar-refractivity contribution is -0.140. The predicted molar refractivity (Wildman–Crippen MR) is 172 cm³/mol. The van der Waals surface area contributed by atoms with E-state index in [0.29, 0.717) is 54.1 Å². The molecule has 266 valence electrons. The lowest BCUT2D eigenvalue weighted by atomic mass is 9.98. The fourth-order valence-corrected chi connectivity index (χ4v) is 6.01. The van der Waals surface area contributed by atoms with Gasteiger partial charge in [-0.1, -0.05) is 31.1 Å². The highest BCUT2D eigenvalue weighted by Crippen LogP contribution is 2.42. The van der Waals surface area contributed by atoms with E-state index in [2.05, 4.69) is 25.4 Å². The Morgan fingerprint density at radius 1 is 1.04 bits per heavy atom. The summed E-state index contributed by atoms with van der Waals surface area (Å²) < 4.78 is 35.8. The number of benzene rings is 2. The summed E-state index contributed by atoms with van der Waals surface area (Å²) in [6, 6.07) is 10.4. The van der Waals surface area contributed by atoms with Crippen molar-refractivity contribution in [2.24, 2.45) is 0 Å². The van der Waals surface area contributed by atoms with E-state index in [4.69, 9.17) is 4.74 Å². The first kappa shape index (κ1) is 34.7. The summed E-state index contributed by atoms with van der Waals surface area (Å²) in [5.41, 5.74) is 1.26. The molecule has 0 radical (unpaired) electrons. The zero-order valence-corrected chi connectivity index (χ0v) is 27.0. The van der Waals surface area contributed by atoms with Crippen molar-refractivity contribution in [1.82, 2.24) is 34.1 Å². The summed E-state index contributed by atoms with van der Waals surface area (Å²) >= 11 is 0. The fourth-order valence-electron chi connectivity index (χ4n) is 6.01. The van der Waals surface area contributed by atoms with Crippen molar-refractivity contribution in [3.63, 3.8) is 0 Å². The number of alkyl halides is 2. The number of aromatic hydroxyl groups is 3. The van der Waals surface area contributed by atoms with Crippen molar-refractivity contribution in [1.29, 1.82) is 0 Å². The number of hydrogen-bond donors (Lipinski definition) is 6. The maximum Gasteiger partial charge on any atom is 0.351 e. The van der Waals surface area contributed by atoms with Gasteiger partial charge in [-0.3, -0.25) is 14.8 Å². The molecule has 0 spiro atoms. The van der Waals surface area contributed by atoms with Gasteiger partial charge in [-0.15, -0.1) is 5.10 Å². The highest BCUT2D eigenvalue weighted by atomic mass is 19.3. The van der Waals surface area contributed by atoms with E-state index < -0.39 is 42.7 Å². The molecule has 2 amide bonds. The molecule has 50 heavy (non-hydrogen) atoms. The third kappa shape index (κ3) is 6.57. The number of aliphatic hydroxyl groups excluding tert-OH is 2. The highest BCUT2D eigenvalue weighted by molar-refractivity contribution is 5.88. The van der Waals surface area contributed by atoms with Crippen molar-refractivity contribution in [2.75, 3.05) is 38.1 Å². The smallest absolute Gasteiger partial charge is 0.351 e. The normalized spacial score (nSPS) is 20.8. The van der Waals surface area contributed by atoms with Gasteiger partial charge in [-0.25, -0.2) is 14.2 Å². The Kier molecular flexibility index (Phi) is 9.45. The Labute approximate surface area is 283 Å². The molecule has 0 unspecified atom stereocenters. The Bertz CT molecular complexity index is 1930. The number of aromatic nitrogens is 5. The average Bonchev–Trinajstić information content (AvgIpc) is 3.56. The van der Waals surface area contributed by atoms with Crippen molar-refractivity contribution >= 4 is 11.8 Å². The second-order valence-corrected chi connectivity index (χ2v) is 12.4. The number of halogens is 2. The molecule has 4 aromatic rings. The number of rotatable bonds is 8. The second-order valence-electron chi connectivity index (χ2n) is 12.4. The number of carbonyl (C=O) groups excluding carboxylic acids is 1. The van der Waals surface area contributed by atoms with Crippen molar-refractivity contribution in [3.8, 4) is 34.6 Å². The number of hydrogen-bond acceptors (Lipinski definition) is 12. The van der Waals surface area contributed by atoms with Gasteiger partial charge < -0.3 is 35.2 Å². The van der Waals surface area contributed by atoms with Gasteiger partial charge in [0.05, 0.1) is 17.9 Å².